The lowest BCUT2D eigenvalue weighted by Crippen LogP contribution is -2.24. The van der Waals surface area contributed by atoms with Gasteiger partial charge in [-0.1, -0.05) is 54.6 Å². The smallest absolute Gasteiger partial charge is 0.330 e. The van der Waals surface area contributed by atoms with Crippen LogP contribution in [0.4, 0.5) is 0 Å². The molecule has 1 atom stereocenters. The first-order valence-electron chi connectivity index (χ1n) is 7.80. The minimum Gasteiger partial charge on any atom is -0.489 e. The molecule has 0 fully saturated rings. The Labute approximate surface area is 150 Å². The van der Waals surface area contributed by atoms with Crippen LogP contribution >= 0.6 is 11.6 Å². The van der Waals surface area contributed by atoms with Crippen molar-refractivity contribution in [1.29, 1.82) is 0 Å². The van der Waals surface area contributed by atoms with Gasteiger partial charge in [-0.25, -0.2) is 4.79 Å². The fourth-order valence-electron chi connectivity index (χ4n) is 2.65. The third-order valence-electron chi connectivity index (χ3n) is 3.79. The quantitative estimate of drug-likeness (QED) is 0.410. The lowest BCUT2D eigenvalue weighted by atomic mass is 10.0. The number of hydrogen-bond acceptors (Lipinski definition) is 4. The molecule has 5 heteroatoms. The molecule has 3 aromatic carbocycles. The average Bonchev–Trinajstić information content (AvgIpc) is 2.63. The number of ether oxygens (including phenoxy) is 2. The Hall–Kier alpha value is -2.56. The largest absolute Gasteiger partial charge is 0.489 e. The molecule has 0 heterocycles. The Balaban J connectivity index is 1.93. The maximum atomic E-state index is 11.1. The predicted molar refractivity (Wildman–Crippen MR) is 99.1 cm³/mol. The van der Waals surface area contributed by atoms with Crippen molar-refractivity contribution in [3.63, 3.8) is 0 Å². The molecule has 0 aliphatic carbocycles. The van der Waals surface area contributed by atoms with E-state index in [0.29, 0.717) is 10.8 Å². The van der Waals surface area contributed by atoms with Crippen LogP contribution in [0.1, 0.15) is 0 Å². The highest BCUT2D eigenvalue weighted by molar-refractivity contribution is 6.36. The molecule has 0 aromatic heterocycles. The van der Waals surface area contributed by atoms with Crippen molar-refractivity contribution in [2.45, 2.75) is 6.10 Å². The first-order valence-corrected chi connectivity index (χ1v) is 8.18. The summed E-state index contributed by atoms with van der Waals surface area (Å²) in [6, 6.07) is 15.5. The van der Waals surface area contributed by atoms with Crippen molar-refractivity contribution < 1.29 is 19.4 Å². The van der Waals surface area contributed by atoms with Crippen LogP contribution in [-0.2, 0) is 9.53 Å². The van der Waals surface area contributed by atoms with E-state index in [-0.39, 0.29) is 13.2 Å². The monoisotopic (exact) mass is 356 g/mol. The van der Waals surface area contributed by atoms with Gasteiger partial charge >= 0.3 is 5.97 Å². The van der Waals surface area contributed by atoms with E-state index >= 15 is 0 Å². The summed E-state index contributed by atoms with van der Waals surface area (Å²) in [5, 5.41) is 14.2. The number of halogens is 1. The summed E-state index contributed by atoms with van der Waals surface area (Å²) in [6.07, 6.45) is 0.0892. The SMILES string of the molecule is C=CC(=O)OCC(O)COc1c2ccccc2cc2cccc(Cl)c12. The van der Waals surface area contributed by atoms with E-state index in [2.05, 4.69) is 6.58 Å². The highest BCUT2D eigenvalue weighted by atomic mass is 35.5. The maximum Gasteiger partial charge on any atom is 0.330 e. The molecule has 3 aromatic rings. The summed E-state index contributed by atoms with van der Waals surface area (Å²) in [6.45, 7) is 3.11. The highest BCUT2D eigenvalue weighted by Gasteiger charge is 2.14. The Morgan fingerprint density at radius 3 is 2.72 bits per heavy atom. The molecule has 0 saturated carbocycles. The summed E-state index contributed by atoms with van der Waals surface area (Å²) in [5.41, 5.74) is 0. The molecule has 25 heavy (non-hydrogen) atoms. The Morgan fingerprint density at radius 2 is 1.92 bits per heavy atom. The number of carbonyl (C=O) groups excluding carboxylic acids is 1. The number of benzene rings is 3. The van der Waals surface area contributed by atoms with Crippen molar-refractivity contribution in [2.75, 3.05) is 13.2 Å². The fourth-order valence-corrected chi connectivity index (χ4v) is 2.91. The lowest BCUT2D eigenvalue weighted by Gasteiger charge is -2.16. The molecule has 128 valence electrons. The second-order valence-electron chi connectivity index (χ2n) is 5.56. The van der Waals surface area contributed by atoms with Crippen molar-refractivity contribution >= 4 is 39.1 Å². The Bertz CT molecular complexity index is 936. The molecular weight excluding hydrogens is 340 g/mol. The van der Waals surface area contributed by atoms with Gasteiger partial charge in [-0.3, -0.25) is 0 Å². The summed E-state index contributed by atoms with van der Waals surface area (Å²) in [7, 11) is 0. The van der Waals surface area contributed by atoms with Crippen LogP contribution in [0.25, 0.3) is 21.5 Å². The van der Waals surface area contributed by atoms with E-state index in [1.165, 1.54) is 0 Å². The molecule has 1 N–H and O–H groups in total. The highest BCUT2D eigenvalue weighted by Crippen LogP contribution is 2.38. The van der Waals surface area contributed by atoms with Crippen LogP contribution in [0.2, 0.25) is 5.02 Å². The molecular formula is C20H17ClO4. The van der Waals surface area contributed by atoms with Crippen LogP contribution < -0.4 is 4.74 Å². The average molecular weight is 357 g/mol. The number of aliphatic hydroxyl groups excluding tert-OH is 1. The molecule has 0 aliphatic rings. The summed E-state index contributed by atoms with van der Waals surface area (Å²) >= 11 is 6.38. The molecule has 3 rings (SSSR count). The molecule has 0 spiro atoms. The molecule has 0 amide bonds. The lowest BCUT2D eigenvalue weighted by molar-refractivity contribution is -0.141. The van der Waals surface area contributed by atoms with E-state index in [9.17, 15) is 9.90 Å². The third kappa shape index (κ3) is 3.76. The van der Waals surface area contributed by atoms with E-state index in [4.69, 9.17) is 21.1 Å². The van der Waals surface area contributed by atoms with Crippen molar-refractivity contribution in [2.24, 2.45) is 0 Å². The van der Waals surface area contributed by atoms with Crippen molar-refractivity contribution in [3.05, 3.63) is 66.2 Å². The Kier molecular flexibility index (Phi) is 5.22. The van der Waals surface area contributed by atoms with Gasteiger partial charge in [-0.05, 0) is 22.9 Å². The molecule has 0 bridgehead atoms. The number of aliphatic hydroxyl groups is 1. The zero-order chi connectivity index (χ0) is 17.8. The third-order valence-corrected chi connectivity index (χ3v) is 4.11. The summed E-state index contributed by atoms with van der Waals surface area (Å²) < 4.78 is 10.7. The van der Waals surface area contributed by atoms with Gasteiger partial charge in [-0.2, -0.15) is 0 Å². The zero-order valence-corrected chi connectivity index (χ0v) is 14.2. The maximum absolute atomic E-state index is 11.1. The van der Waals surface area contributed by atoms with Gasteiger partial charge in [-0.15, -0.1) is 0 Å². The fraction of sp³-hybridized carbons (Fsp3) is 0.150. The van der Waals surface area contributed by atoms with Gasteiger partial charge in [0, 0.05) is 16.8 Å². The van der Waals surface area contributed by atoms with Gasteiger partial charge in [0.1, 0.15) is 25.1 Å². The number of hydrogen-bond donors (Lipinski definition) is 1. The standard InChI is InChI=1S/C20H17ClO4/c1-2-18(23)24-11-15(22)12-25-20-16-8-4-3-6-13(16)10-14-7-5-9-17(21)19(14)20/h2-10,15,22H,1,11-12H2. The summed E-state index contributed by atoms with van der Waals surface area (Å²) in [5.74, 6) is 0.0190. The van der Waals surface area contributed by atoms with Gasteiger partial charge in [0.15, 0.2) is 0 Å². The van der Waals surface area contributed by atoms with Gasteiger partial charge in [0.25, 0.3) is 0 Å². The molecule has 4 nitrogen and oxygen atoms in total. The molecule has 0 aliphatic heterocycles. The van der Waals surface area contributed by atoms with Gasteiger partial charge in [0.2, 0.25) is 0 Å². The van der Waals surface area contributed by atoms with Gasteiger partial charge in [0.05, 0.1) is 5.02 Å². The number of fused-ring (bicyclic) bond motifs is 2. The molecule has 0 saturated heterocycles. The first kappa shape index (κ1) is 17.3. The molecule has 1 unspecified atom stereocenters. The van der Waals surface area contributed by atoms with Gasteiger partial charge < -0.3 is 14.6 Å². The Morgan fingerprint density at radius 1 is 1.16 bits per heavy atom. The zero-order valence-electron chi connectivity index (χ0n) is 13.4. The number of carbonyl (C=O) groups is 1. The summed E-state index contributed by atoms with van der Waals surface area (Å²) in [4.78, 5) is 11.1. The topological polar surface area (TPSA) is 55.8 Å². The van der Waals surface area contributed by atoms with Crippen LogP contribution in [0.3, 0.4) is 0 Å². The number of esters is 1. The van der Waals surface area contributed by atoms with E-state index in [1.807, 2.05) is 42.5 Å². The van der Waals surface area contributed by atoms with Crippen LogP contribution in [0.15, 0.2) is 61.2 Å². The number of rotatable bonds is 6. The minimum atomic E-state index is -0.958. The van der Waals surface area contributed by atoms with E-state index in [0.717, 1.165) is 27.6 Å². The van der Waals surface area contributed by atoms with Crippen molar-refractivity contribution in [1.82, 2.24) is 0 Å². The molecule has 0 radical (unpaired) electrons. The van der Waals surface area contributed by atoms with E-state index < -0.39 is 12.1 Å². The van der Waals surface area contributed by atoms with E-state index in [1.54, 1.807) is 6.07 Å². The second-order valence-corrected chi connectivity index (χ2v) is 5.97. The normalized spacial score (nSPS) is 12.1. The van der Waals surface area contributed by atoms with Crippen LogP contribution in [0.5, 0.6) is 5.75 Å². The van der Waals surface area contributed by atoms with Crippen LogP contribution in [-0.4, -0.2) is 30.4 Å². The predicted octanol–water partition coefficient (Wildman–Crippen LogP) is 4.12. The van der Waals surface area contributed by atoms with Crippen molar-refractivity contribution in [3.8, 4) is 5.75 Å². The second kappa shape index (κ2) is 7.55. The minimum absolute atomic E-state index is 0.0290. The van der Waals surface area contributed by atoms with Crippen LogP contribution in [0, 0.1) is 0 Å². The first-order chi connectivity index (χ1) is 12.1.